The van der Waals surface area contributed by atoms with E-state index in [9.17, 15) is 14.3 Å². The maximum absolute atomic E-state index is 13.8. The second kappa shape index (κ2) is 8.04. The maximum atomic E-state index is 13.8. The highest BCUT2D eigenvalue weighted by molar-refractivity contribution is 9.11. The van der Waals surface area contributed by atoms with E-state index in [0.29, 0.717) is 8.95 Å². The molecule has 0 spiro atoms. The highest BCUT2D eigenvalue weighted by Crippen LogP contribution is 2.36. The summed E-state index contributed by atoms with van der Waals surface area (Å²) < 4.78 is 19.3. The van der Waals surface area contributed by atoms with E-state index in [1.54, 1.807) is 13.0 Å². The summed E-state index contributed by atoms with van der Waals surface area (Å²) in [5, 5.41) is 9.74. The van der Waals surface area contributed by atoms with Crippen molar-refractivity contribution in [2.45, 2.75) is 19.1 Å². The van der Waals surface area contributed by atoms with E-state index < -0.39 is 18.2 Å². The fourth-order valence-corrected chi connectivity index (χ4v) is 2.88. The average molecular weight is 421 g/mol. The lowest BCUT2D eigenvalue weighted by atomic mass is 10.0. The number of carbonyl (C=O) groups excluding carboxylic acids is 1. The van der Waals surface area contributed by atoms with Crippen molar-refractivity contribution >= 4 is 50.2 Å². The molecule has 4 nitrogen and oxygen atoms in total. The largest absolute Gasteiger partial charge is 0.508 e. The third-order valence-corrected chi connectivity index (χ3v) is 3.35. The number of hydrogen-bond acceptors (Lipinski definition) is 4. The van der Waals surface area contributed by atoms with Crippen molar-refractivity contribution in [3.8, 4) is 5.75 Å². The number of carbonyl (C=O) groups is 1. The molecule has 1 aromatic rings. The third-order valence-electron chi connectivity index (χ3n) is 2.23. The first-order chi connectivity index (χ1) is 8.38. The van der Waals surface area contributed by atoms with Gasteiger partial charge in [-0.3, -0.25) is 0 Å². The van der Waals surface area contributed by atoms with E-state index in [0.717, 1.165) is 0 Å². The van der Waals surface area contributed by atoms with Gasteiger partial charge in [0.05, 0.1) is 12.6 Å². The molecule has 2 atom stereocenters. The Morgan fingerprint density at radius 3 is 2.58 bits per heavy atom. The van der Waals surface area contributed by atoms with Gasteiger partial charge in [-0.05, 0) is 19.1 Å². The van der Waals surface area contributed by atoms with E-state index in [1.807, 2.05) is 0 Å². The van der Waals surface area contributed by atoms with E-state index in [1.165, 1.54) is 6.07 Å². The lowest BCUT2D eigenvalue weighted by Gasteiger charge is -2.18. The molecule has 1 rings (SSSR count). The highest BCUT2D eigenvalue weighted by atomic mass is 79.9. The fraction of sp³-hybridized carbons (Fsp3) is 0.364. The fourth-order valence-electron chi connectivity index (χ4n) is 1.42. The first-order valence-electron chi connectivity index (χ1n) is 5.12. The van der Waals surface area contributed by atoms with Crippen LogP contribution in [0.25, 0.3) is 0 Å². The number of halogens is 4. The van der Waals surface area contributed by atoms with Crippen molar-refractivity contribution in [3.63, 3.8) is 0 Å². The Morgan fingerprint density at radius 1 is 1.53 bits per heavy atom. The van der Waals surface area contributed by atoms with Gasteiger partial charge in [0.15, 0.2) is 0 Å². The minimum atomic E-state index is -2.03. The summed E-state index contributed by atoms with van der Waals surface area (Å²) in [7, 11) is 0. The molecule has 0 amide bonds. The number of hydrogen-bond donors (Lipinski definition) is 2. The summed E-state index contributed by atoms with van der Waals surface area (Å²) in [5.74, 6) is -1.24. The first-order valence-corrected chi connectivity index (χ1v) is 6.71. The molecule has 0 bridgehead atoms. The van der Waals surface area contributed by atoms with Gasteiger partial charge in [-0.2, -0.15) is 0 Å². The number of esters is 1. The van der Waals surface area contributed by atoms with Crippen LogP contribution in [0.3, 0.4) is 0 Å². The Bertz CT molecular complexity index is 439. The maximum Gasteiger partial charge on any atom is 0.342 e. The monoisotopic (exact) mass is 419 g/mol. The second-order valence-corrected chi connectivity index (χ2v) is 5.27. The van der Waals surface area contributed by atoms with Crippen LogP contribution in [0.2, 0.25) is 0 Å². The minimum absolute atomic E-state index is 0. The van der Waals surface area contributed by atoms with Gasteiger partial charge in [-0.1, -0.05) is 31.9 Å². The van der Waals surface area contributed by atoms with Crippen LogP contribution in [-0.2, 0) is 9.53 Å². The van der Waals surface area contributed by atoms with Crippen LogP contribution in [0.1, 0.15) is 18.5 Å². The predicted molar refractivity (Wildman–Crippen MR) is 79.2 cm³/mol. The first kappa shape index (κ1) is 18.6. The zero-order valence-electron chi connectivity index (χ0n) is 9.90. The average Bonchev–Trinajstić information content (AvgIpc) is 2.26. The summed E-state index contributed by atoms with van der Waals surface area (Å²) in [6.07, 6.45) is -2.03. The van der Waals surface area contributed by atoms with Gasteiger partial charge in [0.1, 0.15) is 5.75 Å². The topological polar surface area (TPSA) is 72.5 Å². The van der Waals surface area contributed by atoms with E-state index >= 15 is 0 Å². The predicted octanol–water partition coefficient (Wildman–Crippen LogP) is 3.24. The molecule has 0 aliphatic rings. The van der Waals surface area contributed by atoms with Gasteiger partial charge >= 0.3 is 5.97 Å². The molecule has 0 radical (unpaired) electrons. The number of nitrogens with two attached hydrogens (primary N) is 1. The Labute approximate surface area is 133 Å². The van der Waals surface area contributed by atoms with Crippen molar-refractivity contribution in [1.82, 2.24) is 0 Å². The van der Waals surface area contributed by atoms with Crippen LogP contribution >= 0.6 is 44.3 Å². The minimum Gasteiger partial charge on any atom is -0.508 e. The quantitative estimate of drug-likeness (QED) is 0.733. The normalized spacial score (nSPS) is 13.3. The van der Waals surface area contributed by atoms with Crippen LogP contribution < -0.4 is 5.73 Å². The van der Waals surface area contributed by atoms with Crippen molar-refractivity contribution < 1.29 is 19.0 Å². The van der Waals surface area contributed by atoms with Gasteiger partial charge in [-0.25, -0.2) is 9.18 Å². The lowest BCUT2D eigenvalue weighted by molar-refractivity contribution is -0.149. The number of alkyl halides is 1. The molecule has 1 unspecified atom stereocenters. The number of phenolic OH excluding ortho intramolecular Hbond substituents is 1. The van der Waals surface area contributed by atoms with Crippen molar-refractivity contribution in [1.29, 1.82) is 0 Å². The number of phenols is 1. The number of aromatic hydroxyl groups is 1. The summed E-state index contributed by atoms with van der Waals surface area (Å²) in [6, 6.07) is 1.68. The molecule has 1 aromatic carbocycles. The Morgan fingerprint density at radius 2 is 2.11 bits per heavy atom. The van der Waals surface area contributed by atoms with Crippen LogP contribution in [0.4, 0.5) is 4.39 Å². The molecule has 0 aliphatic carbocycles. The van der Waals surface area contributed by atoms with Crippen LogP contribution in [-0.4, -0.2) is 23.9 Å². The van der Waals surface area contributed by atoms with Crippen molar-refractivity contribution in [2.75, 3.05) is 6.61 Å². The smallest absolute Gasteiger partial charge is 0.342 e. The SMILES string of the molecule is CCOC(=O)C(F)[C@@H](N)c1c(O)cc(Br)cc1Br.Cl. The van der Waals surface area contributed by atoms with E-state index in [4.69, 9.17) is 5.73 Å². The van der Waals surface area contributed by atoms with Crippen LogP contribution in [0, 0.1) is 0 Å². The molecular weight excluding hydrogens is 408 g/mol. The molecule has 0 aromatic heterocycles. The molecule has 0 heterocycles. The Hall–Kier alpha value is -0.370. The Balaban J connectivity index is 0.00000324. The molecule has 0 saturated heterocycles. The zero-order valence-corrected chi connectivity index (χ0v) is 13.9. The highest BCUT2D eigenvalue weighted by Gasteiger charge is 2.31. The van der Waals surface area contributed by atoms with Crippen molar-refractivity contribution in [3.05, 3.63) is 26.6 Å². The van der Waals surface area contributed by atoms with Gasteiger partial charge in [0.2, 0.25) is 6.17 Å². The summed E-state index contributed by atoms with van der Waals surface area (Å²) >= 11 is 6.34. The van der Waals surface area contributed by atoms with Gasteiger partial charge in [-0.15, -0.1) is 12.4 Å². The van der Waals surface area contributed by atoms with Crippen LogP contribution in [0.15, 0.2) is 21.1 Å². The molecule has 19 heavy (non-hydrogen) atoms. The lowest BCUT2D eigenvalue weighted by Crippen LogP contribution is -2.31. The van der Waals surface area contributed by atoms with E-state index in [2.05, 4.69) is 36.6 Å². The molecular formula is C11H13Br2ClFNO3. The number of rotatable bonds is 4. The van der Waals surface area contributed by atoms with E-state index in [-0.39, 0.29) is 30.3 Å². The van der Waals surface area contributed by atoms with Gasteiger partial charge < -0.3 is 15.6 Å². The van der Waals surface area contributed by atoms with Gasteiger partial charge in [0.25, 0.3) is 0 Å². The third kappa shape index (κ3) is 4.59. The second-order valence-electron chi connectivity index (χ2n) is 3.50. The summed E-state index contributed by atoms with van der Waals surface area (Å²) in [5.41, 5.74) is 5.76. The molecule has 0 fully saturated rings. The number of benzene rings is 1. The summed E-state index contributed by atoms with van der Waals surface area (Å²) in [6.45, 7) is 1.64. The summed E-state index contributed by atoms with van der Waals surface area (Å²) in [4.78, 5) is 11.3. The Kier molecular flexibility index (Phi) is 7.88. The zero-order chi connectivity index (χ0) is 13.9. The molecule has 108 valence electrons. The molecule has 8 heteroatoms. The van der Waals surface area contributed by atoms with Gasteiger partial charge in [0, 0.05) is 14.5 Å². The number of ether oxygens (including phenoxy) is 1. The molecule has 0 saturated carbocycles. The standard InChI is InChI=1S/C11H12Br2FNO3.ClH/c1-2-18-11(17)9(14)10(15)8-6(13)3-5(12)4-7(8)16;/h3-4,9-10,16H,2,15H2,1H3;1H/t9?,10-;/m0./s1. The van der Waals surface area contributed by atoms with Crippen molar-refractivity contribution in [2.24, 2.45) is 5.73 Å². The molecule has 0 aliphatic heterocycles. The molecule has 3 N–H and O–H groups in total. The van der Waals surface area contributed by atoms with Crippen LogP contribution in [0.5, 0.6) is 5.75 Å².